The van der Waals surface area contributed by atoms with Crippen LogP contribution in [0, 0.1) is 12.8 Å². The fourth-order valence-corrected chi connectivity index (χ4v) is 2.64. The van der Waals surface area contributed by atoms with Gasteiger partial charge in [0.15, 0.2) is 0 Å². The number of nitrogens with zero attached hydrogens (tertiary/aromatic N) is 1. The Kier molecular flexibility index (Phi) is 4.59. The van der Waals surface area contributed by atoms with Gasteiger partial charge in [0.05, 0.1) is 5.92 Å². The molecule has 1 aliphatic heterocycles. The van der Waals surface area contributed by atoms with Gasteiger partial charge in [-0.15, -0.1) is 0 Å². The Morgan fingerprint density at radius 3 is 2.74 bits per heavy atom. The van der Waals surface area contributed by atoms with Crippen molar-refractivity contribution in [3.63, 3.8) is 0 Å². The Bertz CT molecular complexity index is 436. The van der Waals surface area contributed by atoms with Gasteiger partial charge in [0.1, 0.15) is 0 Å². The third kappa shape index (κ3) is 3.57. The summed E-state index contributed by atoms with van der Waals surface area (Å²) in [6.07, 6.45) is 2.10. The van der Waals surface area contributed by atoms with E-state index in [-0.39, 0.29) is 11.8 Å². The molecule has 0 saturated carbocycles. The van der Waals surface area contributed by atoms with Crippen molar-refractivity contribution in [2.45, 2.75) is 39.3 Å². The molecule has 2 rings (SSSR count). The number of piperidine rings is 1. The number of hydrogen-bond donors (Lipinski definition) is 1. The molecule has 1 N–H and O–H groups in total. The van der Waals surface area contributed by atoms with Crippen LogP contribution in [0.1, 0.15) is 30.9 Å². The number of carbonyl (C=O) groups excluding carboxylic acids is 1. The largest absolute Gasteiger partial charge is 0.341 e. The monoisotopic (exact) mass is 260 g/mol. The SMILES string of the molecule is Cc1ccccc1CN(C)C(=O)C1CCC(C)NC1. The summed E-state index contributed by atoms with van der Waals surface area (Å²) in [5.41, 5.74) is 2.48. The Balaban J connectivity index is 1.94. The summed E-state index contributed by atoms with van der Waals surface area (Å²) in [7, 11) is 1.91. The molecule has 0 bridgehead atoms. The van der Waals surface area contributed by atoms with E-state index in [1.54, 1.807) is 0 Å². The minimum atomic E-state index is 0.144. The topological polar surface area (TPSA) is 32.3 Å². The van der Waals surface area contributed by atoms with Gasteiger partial charge in [-0.1, -0.05) is 24.3 Å². The molecule has 1 aliphatic rings. The van der Waals surface area contributed by atoms with E-state index >= 15 is 0 Å². The zero-order valence-electron chi connectivity index (χ0n) is 12.1. The summed E-state index contributed by atoms with van der Waals surface area (Å²) < 4.78 is 0. The summed E-state index contributed by atoms with van der Waals surface area (Å²) in [5.74, 6) is 0.410. The minimum Gasteiger partial charge on any atom is -0.341 e. The predicted octanol–water partition coefficient (Wildman–Crippen LogP) is 2.34. The van der Waals surface area contributed by atoms with Crippen molar-refractivity contribution in [3.05, 3.63) is 35.4 Å². The molecule has 19 heavy (non-hydrogen) atoms. The summed E-state index contributed by atoms with van der Waals surface area (Å²) >= 11 is 0. The van der Waals surface area contributed by atoms with Gasteiger partial charge in [-0.3, -0.25) is 4.79 Å². The molecule has 3 nitrogen and oxygen atoms in total. The van der Waals surface area contributed by atoms with Crippen molar-refractivity contribution in [3.8, 4) is 0 Å². The average Bonchev–Trinajstić information content (AvgIpc) is 2.41. The number of aryl methyl sites for hydroxylation is 1. The van der Waals surface area contributed by atoms with E-state index in [0.717, 1.165) is 19.4 Å². The number of amides is 1. The van der Waals surface area contributed by atoms with Crippen LogP contribution in [0.5, 0.6) is 0 Å². The summed E-state index contributed by atoms with van der Waals surface area (Å²) in [6, 6.07) is 8.81. The number of carbonyl (C=O) groups is 1. The van der Waals surface area contributed by atoms with E-state index in [2.05, 4.69) is 31.3 Å². The van der Waals surface area contributed by atoms with Gasteiger partial charge in [-0.2, -0.15) is 0 Å². The van der Waals surface area contributed by atoms with E-state index in [1.807, 2.05) is 24.1 Å². The van der Waals surface area contributed by atoms with E-state index < -0.39 is 0 Å². The van der Waals surface area contributed by atoms with Gasteiger partial charge in [0.2, 0.25) is 5.91 Å². The van der Waals surface area contributed by atoms with Crippen LogP contribution >= 0.6 is 0 Å². The van der Waals surface area contributed by atoms with Crippen LogP contribution in [0.3, 0.4) is 0 Å². The normalized spacial score (nSPS) is 23.1. The maximum atomic E-state index is 12.4. The molecule has 1 saturated heterocycles. The molecule has 1 heterocycles. The minimum absolute atomic E-state index is 0.144. The molecule has 1 fully saturated rings. The lowest BCUT2D eigenvalue weighted by Crippen LogP contribution is -2.44. The highest BCUT2D eigenvalue weighted by molar-refractivity contribution is 5.79. The van der Waals surface area contributed by atoms with Gasteiger partial charge in [-0.25, -0.2) is 0 Å². The lowest BCUT2D eigenvalue weighted by atomic mass is 9.94. The Hall–Kier alpha value is -1.35. The fraction of sp³-hybridized carbons (Fsp3) is 0.562. The molecule has 1 aromatic carbocycles. The van der Waals surface area contributed by atoms with Crippen molar-refractivity contribution < 1.29 is 4.79 Å². The maximum absolute atomic E-state index is 12.4. The number of nitrogens with one attached hydrogen (secondary N) is 1. The van der Waals surface area contributed by atoms with Crippen molar-refractivity contribution in [2.24, 2.45) is 5.92 Å². The number of benzene rings is 1. The standard InChI is InChI=1S/C16H24N2O/c1-12-6-4-5-7-15(12)11-18(3)16(19)14-9-8-13(2)17-10-14/h4-7,13-14,17H,8-11H2,1-3H3. The number of hydrogen-bond acceptors (Lipinski definition) is 2. The van der Waals surface area contributed by atoms with Gasteiger partial charge in [-0.05, 0) is 37.8 Å². The molecule has 2 unspecified atom stereocenters. The second kappa shape index (κ2) is 6.20. The van der Waals surface area contributed by atoms with Crippen LogP contribution < -0.4 is 5.32 Å². The first-order valence-electron chi connectivity index (χ1n) is 7.11. The molecule has 3 heteroatoms. The summed E-state index contributed by atoms with van der Waals surface area (Å²) in [5, 5.41) is 3.40. The van der Waals surface area contributed by atoms with Crippen molar-refractivity contribution in [1.82, 2.24) is 10.2 Å². The maximum Gasteiger partial charge on any atom is 0.227 e. The first-order valence-corrected chi connectivity index (χ1v) is 7.11. The van der Waals surface area contributed by atoms with Crippen molar-refractivity contribution in [1.29, 1.82) is 0 Å². The van der Waals surface area contributed by atoms with Crippen molar-refractivity contribution >= 4 is 5.91 Å². The quantitative estimate of drug-likeness (QED) is 0.904. The van der Waals surface area contributed by atoms with Crippen LogP contribution in [-0.2, 0) is 11.3 Å². The van der Waals surface area contributed by atoms with E-state index in [4.69, 9.17) is 0 Å². The molecule has 1 amide bonds. The van der Waals surface area contributed by atoms with Crippen LogP contribution in [0.15, 0.2) is 24.3 Å². The molecule has 0 radical (unpaired) electrons. The van der Waals surface area contributed by atoms with Gasteiger partial charge < -0.3 is 10.2 Å². The summed E-state index contributed by atoms with van der Waals surface area (Å²) in [4.78, 5) is 14.3. The highest BCUT2D eigenvalue weighted by Crippen LogP contribution is 2.18. The second-order valence-corrected chi connectivity index (χ2v) is 5.70. The predicted molar refractivity (Wildman–Crippen MR) is 77.8 cm³/mol. The molecule has 0 aliphatic carbocycles. The average molecular weight is 260 g/mol. The van der Waals surface area contributed by atoms with Crippen LogP contribution in [0.2, 0.25) is 0 Å². The van der Waals surface area contributed by atoms with Gasteiger partial charge in [0, 0.05) is 26.2 Å². The lowest BCUT2D eigenvalue weighted by Gasteiger charge is -2.30. The molecular weight excluding hydrogens is 236 g/mol. The molecule has 0 aromatic heterocycles. The number of rotatable bonds is 3. The van der Waals surface area contributed by atoms with E-state index in [1.165, 1.54) is 11.1 Å². The first kappa shape index (κ1) is 14.1. The first-order chi connectivity index (χ1) is 9.08. The van der Waals surface area contributed by atoms with E-state index in [9.17, 15) is 4.79 Å². The fourth-order valence-electron chi connectivity index (χ4n) is 2.64. The second-order valence-electron chi connectivity index (χ2n) is 5.70. The third-order valence-corrected chi connectivity index (χ3v) is 4.06. The Morgan fingerprint density at radius 1 is 1.37 bits per heavy atom. The van der Waals surface area contributed by atoms with E-state index in [0.29, 0.717) is 12.6 Å². The lowest BCUT2D eigenvalue weighted by molar-refractivity contribution is -0.135. The van der Waals surface area contributed by atoms with Crippen molar-refractivity contribution in [2.75, 3.05) is 13.6 Å². The van der Waals surface area contributed by atoms with Crippen LogP contribution in [0.25, 0.3) is 0 Å². The van der Waals surface area contributed by atoms with Gasteiger partial charge >= 0.3 is 0 Å². The van der Waals surface area contributed by atoms with Crippen LogP contribution in [-0.4, -0.2) is 30.4 Å². The zero-order valence-corrected chi connectivity index (χ0v) is 12.1. The summed E-state index contributed by atoms with van der Waals surface area (Å²) in [6.45, 7) is 5.80. The molecule has 104 valence electrons. The zero-order chi connectivity index (χ0) is 13.8. The molecule has 0 spiro atoms. The van der Waals surface area contributed by atoms with Gasteiger partial charge in [0.25, 0.3) is 0 Å². The Morgan fingerprint density at radius 2 is 2.11 bits per heavy atom. The molecular formula is C16H24N2O. The molecule has 2 atom stereocenters. The third-order valence-electron chi connectivity index (χ3n) is 4.06. The smallest absolute Gasteiger partial charge is 0.227 e. The highest BCUT2D eigenvalue weighted by atomic mass is 16.2. The molecule has 1 aromatic rings. The van der Waals surface area contributed by atoms with Crippen LogP contribution in [0.4, 0.5) is 0 Å². The Labute approximate surface area is 116 Å². The highest BCUT2D eigenvalue weighted by Gasteiger charge is 2.26.